The third-order valence-corrected chi connectivity index (χ3v) is 4.14. The molecular formula is C14H12Cl2N2OS. The Kier molecular flexibility index (Phi) is 5.29. The number of rotatable bonds is 4. The quantitative estimate of drug-likeness (QED) is 0.651. The lowest BCUT2D eigenvalue weighted by Gasteiger charge is -2.10. The van der Waals surface area contributed by atoms with E-state index in [2.05, 4.69) is 17.2 Å². The number of pyridine rings is 1. The van der Waals surface area contributed by atoms with Crippen LogP contribution in [-0.2, 0) is 0 Å². The van der Waals surface area contributed by atoms with Gasteiger partial charge in [-0.3, -0.25) is 4.79 Å². The number of halogens is 2. The molecule has 1 amide bonds. The Hall–Kier alpha value is -1.23. The summed E-state index contributed by atoms with van der Waals surface area (Å²) in [6.07, 6.45) is 1.40. The Bertz CT molecular complexity index is 634. The van der Waals surface area contributed by atoms with Gasteiger partial charge < -0.3 is 5.32 Å². The highest BCUT2D eigenvalue weighted by atomic mass is 35.5. The molecule has 1 aromatic heterocycles. The fourth-order valence-corrected chi connectivity index (χ4v) is 2.62. The molecule has 0 saturated carbocycles. The van der Waals surface area contributed by atoms with Gasteiger partial charge in [-0.2, -0.15) is 0 Å². The van der Waals surface area contributed by atoms with Crippen LogP contribution in [0.2, 0.25) is 10.2 Å². The molecule has 0 aliphatic rings. The van der Waals surface area contributed by atoms with E-state index in [4.69, 9.17) is 23.2 Å². The van der Waals surface area contributed by atoms with Gasteiger partial charge in [-0.1, -0.05) is 42.3 Å². The summed E-state index contributed by atoms with van der Waals surface area (Å²) < 4.78 is 0. The summed E-state index contributed by atoms with van der Waals surface area (Å²) in [6, 6.07) is 9.15. The van der Waals surface area contributed by atoms with Crippen molar-refractivity contribution in [1.82, 2.24) is 4.98 Å². The van der Waals surface area contributed by atoms with Crippen LogP contribution >= 0.6 is 35.0 Å². The molecule has 6 heteroatoms. The van der Waals surface area contributed by atoms with E-state index in [0.29, 0.717) is 5.56 Å². The van der Waals surface area contributed by atoms with E-state index >= 15 is 0 Å². The maximum absolute atomic E-state index is 12.2. The van der Waals surface area contributed by atoms with Crippen LogP contribution < -0.4 is 5.32 Å². The molecule has 0 aliphatic carbocycles. The largest absolute Gasteiger partial charge is 0.321 e. The molecule has 20 heavy (non-hydrogen) atoms. The van der Waals surface area contributed by atoms with Crippen LogP contribution in [0.3, 0.4) is 0 Å². The first-order chi connectivity index (χ1) is 9.61. The number of amides is 1. The lowest BCUT2D eigenvalue weighted by atomic mass is 10.2. The van der Waals surface area contributed by atoms with Crippen molar-refractivity contribution in [1.29, 1.82) is 0 Å². The van der Waals surface area contributed by atoms with Gasteiger partial charge in [0.15, 0.2) is 0 Å². The Labute approximate surface area is 131 Å². The highest BCUT2D eigenvalue weighted by Gasteiger charge is 2.11. The normalized spacial score (nSPS) is 10.3. The van der Waals surface area contributed by atoms with Crippen molar-refractivity contribution in [3.05, 3.63) is 52.3 Å². The van der Waals surface area contributed by atoms with E-state index in [1.165, 1.54) is 12.3 Å². The van der Waals surface area contributed by atoms with E-state index in [-0.39, 0.29) is 16.1 Å². The first-order valence-corrected chi connectivity index (χ1v) is 7.70. The van der Waals surface area contributed by atoms with Crippen LogP contribution in [-0.4, -0.2) is 16.6 Å². The van der Waals surface area contributed by atoms with Crippen molar-refractivity contribution in [3.63, 3.8) is 0 Å². The smallest absolute Gasteiger partial charge is 0.257 e. The van der Waals surface area contributed by atoms with Crippen molar-refractivity contribution < 1.29 is 4.79 Å². The van der Waals surface area contributed by atoms with Crippen molar-refractivity contribution in [3.8, 4) is 0 Å². The third-order valence-electron chi connectivity index (χ3n) is 2.49. The molecule has 0 fully saturated rings. The Morgan fingerprint density at radius 3 is 2.80 bits per heavy atom. The van der Waals surface area contributed by atoms with Crippen molar-refractivity contribution in [2.75, 3.05) is 11.1 Å². The second-order valence-corrected chi connectivity index (χ2v) is 5.95. The zero-order valence-electron chi connectivity index (χ0n) is 10.7. The number of anilines is 1. The van der Waals surface area contributed by atoms with Crippen LogP contribution in [0.15, 0.2) is 41.4 Å². The number of hydrogen-bond acceptors (Lipinski definition) is 3. The highest BCUT2D eigenvalue weighted by molar-refractivity contribution is 7.99. The number of carbonyl (C=O) groups excluding carboxylic acids is 1. The minimum absolute atomic E-state index is 0.185. The first-order valence-electron chi connectivity index (χ1n) is 5.96. The number of thioether (sulfide) groups is 1. The van der Waals surface area contributed by atoms with E-state index in [0.717, 1.165) is 16.3 Å². The SMILES string of the molecule is CCSc1ccccc1NC(=O)c1cnc(Cl)c(Cl)c1. The first kappa shape index (κ1) is 15.2. The summed E-state index contributed by atoms with van der Waals surface area (Å²) in [4.78, 5) is 17.1. The standard InChI is InChI=1S/C14H12Cl2N2OS/c1-2-20-12-6-4-3-5-11(12)18-14(19)9-7-10(15)13(16)17-8-9/h3-8H,2H2,1H3,(H,18,19). The van der Waals surface area contributed by atoms with E-state index < -0.39 is 0 Å². The lowest BCUT2D eigenvalue weighted by Crippen LogP contribution is -2.13. The molecule has 0 atom stereocenters. The number of para-hydroxylation sites is 1. The molecule has 1 N–H and O–H groups in total. The molecule has 0 saturated heterocycles. The molecule has 0 bridgehead atoms. The lowest BCUT2D eigenvalue weighted by molar-refractivity contribution is 0.102. The fourth-order valence-electron chi connectivity index (χ4n) is 1.59. The summed E-state index contributed by atoms with van der Waals surface area (Å²) in [5.74, 6) is 0.668. The highest BCUT2D eigenvalue weighted by Crippen LogP contribution is 2.27. The zero-order chi connectivity index (χ0) is 14.5. The molecule has 0 aliphatic heterocycles. The molecule has 2 aromatic rings. The maximum Gasteiger partial charge on any atom is 0.257 e. The van der Waals surface area contributed by atoms with Crippen LogP contribution in [0.25, 0.3) is 0 Å². The molecular weight excluding hydrogens is 315 g/mol. The Balaban J connectivity index is 2.21. The molecule has 0 spiro atoms. The van der Waals surface area contributed by atoms with E-state index in [1.807, 2.05) is 24.3 Å². The predicted molar refractivity (Wildman–Crippen MR) is 85.1 cm³/mol. The number of carbonyl (C=O) groups is 1. The number of nitrogens with zero attached hydrogens (tertiary/aromatic N) is 1. The fraction of sp³-hybridized carbons (Fsp3) is 0.143. The minimum Gasteiger partial charge on any atom is -0.321 e. The molecule has 0 unspecified atom stereocenters. The average molecular weight is 327 g/mol. The van der Waals surface area contributed by atoms with Gasteiger partial charge in [-0.05, 0) is 24.0 Å². The van der Waals surface area contributed by atoms with Gasteiger partial charge in [-0.25, -0.2) is 4.98 Å². The summed E-state index contributed by atoms with van der Waals surface area (Å²) >= 11 is 13.3. The van der Waals surface area contributed by atoms with Gasteiger partial charge in [0.05, 0.1) is 16.3 Å². The summed E-state index contributed by atoms with van der Waals surface area (Å²) in [5, 5.41) is 3.30. The van der Waals surface area contributed by atoms with Gasteiger partial charge in [-0.15, -0.1) is 11.8 Å². The molecule has 1 aromatic carbocycles. The topological polar surface area (TPSA) is 42.0 Å². The van der Waals surface area contributed by atoms with Crippen LogP contribution in [0.1, 0.15) is 17.3 Å². The van der Waals surface area contributed by atoms with Crippen molar-refractivity contribution in [2.45, 2.75) is 11.8 Å². The molecule has 104 valence electrons. The third kappa shape index (κ3) is 3.66. The maximum atomic E-state index is 12.2. The summed E-state index contributed by atoms with van der Waals surface area (Å²) in [5.41, 5.74) is 1.14. The Morgan fingerprint density at radius 2 is 2.10 bits per heavy atom. The van der Waals surface area contributed by atoms with Gasteiger partial charge in [0, 0.05) is 11.1 Å². The number of hydrogen-bond donors (Lipinski definition) is 1. The van der Waals surface area contributed by atoms with Gasteiger partial charge >= 0.3 is 0 Å². The van der Waals surface area contributed by atoms with Crippen LogP contribution in [0.5, 0.6) is 0 Å². The second-order valence-electron chi connectivity index (χ2n) is 3.88. The van der Waals surface area contributed by atoms with Gasteiger partial charge in [0.1, 0.15) is 5.15 Å². The second kappa shape index (κ2) is 6.97. The van der Waals surface area contributed by atoms with Crippen LogP contribution in [0.4, 0.5) is 5.69 Å². The Morgan fingerprint density at radius 1 is 1.35 bits per heavy atom. The zero-order valence-corrected chi connectivity index (χ0v) is 13.0. The molecule has 0 radical (unpaired) electrons. The van der Waals surface area contributed by atoms with Crippen molar-refractivity contribution in [2.24, 2.45) is 0 Å². The van der Waals surface area contributed by atoms with Gasteiger partial charge in [0.2, 0.25) is 0 Å². The van der Waals surface area contributed by atoms with Gasteiger partial charge in [0.25, 0.3) is 5.91 Å². The number of benzene rings is 1. The number of aromatic nitrogens is 1. The van der Waals surface area contributed by atoms with E-state index in [9.17, 15) is 4.79 Å². The molecule has 1 heterocycles. The monoisotopic (exact) mass is 326 g/mol. The summed E-state index contributed by atoms with van der Waals surface area (Å²) in [6.45, 7) is 2.06. The minimum atomic E-state index is -0.264. The predicted octanol–water partition coefficient (Wildman–Crippen LogP) is 4.75. The molecule has 2 rings (SSSR count). The van der Waals surface area contributed by atoms with E-state index in [1.54, 1.807) is 11.8 Å². The molecule has 3 nitrogen and oxygen atoms in total. The summed E-state index contributed by atoms with van der Waals surface area (Å²) in [7, 11) is 0. The average Bonchev–Trinajstić information content (AvgIpc) is 2.44. The number of nitrogens with one attached hydrogen (secondary N) is 1. The van der Waals surface area contributed by atoms with Crippen molar-refractivity contribution >= 4 is 46.6 Å². The van der Waals surface area contributed by atoms with Crippen LogP contribution in [0, 0.1) is 0 Å².